The second-order valence-electron chi connectivity index (χ2n) is 8.64. The van der Waals surface area contributed by atoms with Crippen molar-refractivity contribution in [3.63, 3.8) is 0 Å². The molecule has 0 N–H and O–H groups in total. The van der Waals surface area contributed by atoms with Crippen molar-refractivity contribution in [1.29, 1.82) is 0 Å². The Bertz CT molecular complexity index is 1670. The molecule has 29 heteroatoms. The Hall–Kier alpha value is -4.50. The van der Waals surface area contributed by atoms with Gasteiger partial charge in [0.2, 0.25) is 116 Å². The van der Waals surface area contributed by atoms with Gasteiger partial charge in [-0.2, -0.15) is 35.1 Å². The van der Waals surface area contributed by atoms with E-state index < -0.39 is 154 Å². The smallest absolute Gasteiger partial charge is 0.808 e. The SMILES string of the molecule is [Mg+2].[O-]B(Oc1c(F)c(F)c(F)c(F)c1F)Oc1c(F)c(F)c(F)c(F)c1F.[O-]B(Oc1c(F)c(F)c(F)c(F)c1F)Oc1c(F)c(F)c(F)c(F)c1F. The number of benzene rings is 4. The number of rotatable bonds is 8. The largest absolute Gasteiger partial charge is 2.00 e. The van der Waals surface area contributed by atoms with Crippen molar-refractivity contribution in [2.75, 3.05) is 0 Å². The number of halogens is 20. The van der Waals surface area contributed by atoms with Crippen LogP contribution < -0.4 is 28.7 Å². The molecule has 280 valence electrons. The maximum atomic E-state index is 13.3. The van der Waals surface area contributed by atoms with Crippen molar-refractivity contribution >= 4 is 37.7 Å². The van der Waals surface area contributed by atoms with E-state index >= 15 is 0 Å². The first-order valence-corrected chi connectivity index (χ1v) is 12.0. The van der Waals surface area contributed by atoms with E-state index in [1.54, 1.807) is 0 Å². The molecule has 0 unspecified atom stereocenters. The molecular weight excluding hydrogens is 810 g/mol. The van der Waals surface area contributed by atoms with Gasteiger partial charge in [0.1, 0.15) is 0 Å². The van der Waals surface area contributed by atoms with Crippen LogP contribution in [0, 0.1) is 116 Å². The van der Waals surface area contributed by atoms with Gasteiger partial charge in [0, 0.05) is 0 Å². The van der Waals surface area contributed by atoms with Gasteiger partial charge >= 0.3 is 37.7 Å². The first-order chi connectivity index (χ1) is 24.0. The Morgan fingerprint density at radius 1 is 0.226 bits per heavy atom. The Morgan fingerprint density at radius 3 is 0.434 bits per heavy atom. The van der Waals surface area contributed by atoms with Crippen molar-refractivity contribution in [3.8, 4) is 23.0 Å². The molecule has 0 spiro atoms. The average molecular weight is 810 g/mol. The van der Waals surface area contributed by atoms with E-state index in [0.29, 0.717) is 0 Å². The van der Waals surface area contributed by atoms with E-state index in [4.69, 9.17) is 0 Å². The fraction of sp³-hybridized carbons (Fsp3) is 0. The third kappa shape index (κ3) is 8.51. The van der Waals surface area contributed by atoms with Crippen LogP contribution in [0.5, 0.6) is 23.0 Å². The summed E-state index contributed by atoms with van der Waals surface area (Å²) in [7, 11) is -6.95. The van der Waals surface area contributed by atoms with Gasteiger partial charge < -0.3 is 28.7 Å². The molecule has 4 rings (SSSR count). The van der Waals surface area contributed by atoms with Crippen LogP contribution in [0.3, 0.4) is 0 Å². The van der Waals surface area contributed by atoms with Crippen LogP contribution in [-0.4, -0.2) is 37.7 Å². The fourth-order valence-electron chi connectivity index (χ4n) is 3.19. The Kier molecular flexibility index (Phi) is 14.4. The van der Waals surface area contributed by atoms with Gasteiger partial charge in [-0.25, -0.2) is 52.7 Å². The summed E-state index contributed by atoms with van der Waals surface area (Å²) in [6.07, 6.45) is 0. The van der Waals surface area contributed by atoms with Crippen LogP contribution in [0.15, 0.2) is 0 Å². The van der Waals surface area contributed by atoms with Gasteiger partial charge in [-0.3, -0.25) is 0 Å². The predicted octanol–water partition coefficient (Wildman–Crippen LogP) is 5.38. The summed E-state index contributed by atoms with van der Waals surface area (Å²) in [6.45, 7) is 0. The minimum absolute atomic E-state index is 0. The van der Waals surface area contributed by atoms with Gasteiger partial charge in [0.05, 0.1) is 0 Å². The Morgan fingerprint density at radius 2 is 0.321 bits per heavy atom. The van der Waals surface area contributed by atoms with Crippen LogP contribution in [0.1, 0.15) is 0 Å². The molecule has 0 aliphatic carbocycles. The zero-order valence-electron chi connectivity index (χ0n) is 23.9. The normalized spacial score (nSPS) is 10.7. The quantitative estimate of drug-likeness (QED) is 0.103. The Balaban J connectivity index is 0.000000360. The molecule has 0 radical (unpaired) electrons. The van der Waals surface area contributed by atoms with Crippen LogP contribution in [0.4, 0.5) is 87.8 Å². The topological polar surface area (TPSA) is 83.0 Å². The second kappa shape index (κ2) is 17.1. The summed E-state index contributed by atoms with van der Waals surface area (Å²) in [5.74, 6) is -60.5. The van der Waals surface area contributed by atoms with Gasteiger partial charge in [-0.15, -0.1) is 0 Å². The standard InChI is InChI=1S/2C12BF10O3.Mg/c2*14-1-3(16)7(20)11(8(21)4(1)17)25-13(24)26-12-9(22)5(18)2(15)6(19)10(12)23;/q2*-1;+2. The Labute approximate surface area is 293 Å². The monoisotopic (exact) mass is 810 g/mol. The molecule has 0 amide bonds. The molecular formula is C24B2F20MgO6. The molecule has 0 saturated carbocycles. The van der Waals surface area contributed by atoms with Crippen molar-refractivity contribution in [2.45, 2.75) is 0 Å². The zero-order valence-corrected chi connectivity index (χ0v) is 25.3. The van der Waals surface area contributed by atoms with Crippen molar-refractivity contribution in [2.24, 2.45) is 0 Å². The van der Waals surface area contributed by atoms with E-state index in [0.717, 1.165) is 0 Å². The van der Waals surface area contributed by atoms with Crippen molar-refractivity contribution in [1.82, 2.24) is 0 Å². The minimum atomic E-state index is -3.48. The van der Waals surface area contributed by atoms with E-state index in [1.807, 2.05) is 0 Å². The van der Waals surface area contributed by atoms with Gasteiger partial charge in [-0.05, 0) is 0 Å². The van der Waals surface area contributed by atoms with E-state index in [9.17, 15) is 97.9 Å². The minimum Gasteiger partial charge on any atom is -0.808 e. The van der Waals surface area contributed by atoms with E-state index in [1.165, 1.54) is 0 Å². The number of hydrogen-bond donors (Lipinski definition) is 0. The van der Waals surface area contributed by atoms with Crippen molar-refractivity contribution in [3.05, 3.63) is 116 Å². The molecule has 0 saturated heterocycles. The average Bonchev–Trinajstić information content (AvgIpc) is 3.12. The summed E-state index contributed by atoms with van der Waals surface area (Å²) in [4.78, 5) is 0. The van der Waals surface area contributed by atoms with Gasteiger partial charge in [-0.1, -0.05) is 0 Å². The third-order valence-electron chi connectivity index (χ3n) is 5.53. The summed E-state index contributed by atoms with van der Waals surface area (Å²) in [5.41, 5.74) is 0. The fourth-order valence-corrected chi connectivity index (χ4v) is 3.19. The van der Waals surface area contributed by atoms with Crippen LogP contribution >= 0.6 is 0 Å². The third-order valence-corrected chi connectivity index (χ3v) is 5.53. The first kappa shape index (κ1) is 44.7. The van der Waals surface area contributed by atoms with E-state index in [-0.39, 0.29) is 23.1 Å². The molecule has 0 aliphatic heterocycles. The molecule has 0 bridgehead atoms. The first-order valence-electron chi connectivity index (χ1n) is 12.0. The molecule has 6 nitrogen and oxygen atoms in total. The van der Waals surface area contributed by atoms with Crippen LogP contribution in [-0.2, 0) is 0 Å². The number of hydrogen-bond acceptors (Lipinski definition) is 6. The second-order valence-corrected chi connectivity index (χ2v) is 8.64. The molecule has 0 fully saturated rings. The molecule has 0 aromatic heterocycles. The zero-order chi connectivity index (χ0) is 39.8. The molecule has 53 heavy (non-hydrogen) atoms. The van der Waals surface area contributed by atoms with Crippen LogP contribution in [0.2, 0.25) is 0 Å². The summed E-state index contributed by atoms with van der Waals surface area (Å²) in [6, 6.07) is 0. The van der Waals surface area contributed by atoms with Crippen LogP contribution in [0.25, 0.3) is 0 Å². The van der Waals surface area contributed by atoms with E-state index in [2.05, 4.69) is 18.6 Å². The van der Waals surface area contributed by atoms with Crippen molar-refractivity contribution < 1.29 is 116 Å². The molecule has 0 heterocycles. The van der Waals surface area contributed by atoms with Gasteiger partial charge in [0.25, 0.3) is 0 Å². The predicted molar refractivity (Wildman–Crippen MR) is 125 cm³/mol. The maximum absolute atomic E-state index is 13.3. The van der Waals surface area contributed by atoms with Gasteiger partial charge in [0.15, 0.2) is 23.0 Å². The molecule has 4 aromatic rings. The molecule has 4 aromatic carbocycles. The summed E-state index contributed by atoms with van der Waals surface area (Å²) >= 11 is 0. The summed E-state index contributed by atoms with van der Waals surface area (Å²) in [5, 5.41) is 22.6. The molecule has 0 atom stereocenters. The molecule has 0 aliphatic rings. The maximum Gasteiger partial charge on any atom is 2.00 e. The summed E-state index contributed by atoms with van der Waals surface area (Å²) < 4.78 is 275.